The predicted octanol–water partition coefficient (Wildman–Crippen LogP) is 3.88. The second kappa shape index (κ2) is 7.00. The second-order valence-electron chi connectivity index (χ2n) is 6.62. The summed E-state index contributed by atoms with van der Waals surface area (Å²) < 4.78 is 44.5. The van der Waals surface area contributed by atoms with Crippen molar-refractivity contribution >= 4 is 11.8 Å². The summed E-state index contributed by atoms with van der Waals surface area (Å²) in [4.78, 5) is 14.0. The third kappa shape index (κ3) is 4.00. The fourth-order valence-corrected chi connectivity index (χ4v) is 2.86. The molecule has 0 unspecified atom stereocenters. The van der Waals surface area contributed by atoms with Gasteiger partial charge in [0.1, 0.15) is 5.76 Å². The average molecular weight is 371 g/mol. The van der Waals surface area contributed by atoms with E-state index in [2.05, 4.69) is 15.6 Å². The number of hydrogen-bond acceptors (Lipinski definition) is 4. The van der Waals surface area contributed by atoms with Crippen molar-refractivity contribution in [2.45, 2.75) is 44.8 Å². The number of hydrogen-bond donors (Lipinski definition) is 1. The molecular weight excluding hydrogens is 351 g/mol. The number of piperidine rings is 1. The highest BCUT2D eigenvalue weighted by molar-refractivity contribution is 5.88. The van der Waals surface area contributed by atoms with Crippen LogP contribution in [0.2, 0.25) is 0 Å². The lowest BCUT2D eigenvalue weighted by Crippen LogP contribution is -2.43. The highest BCUT2D eigenvalue weighted by atomic mass is 19.4. The minimum Gasteiger partial charge on any atom is -0.359 e. The molecule has 1 fully saturated rings. The number of likely N-dealkylation sites (tertiary alicyclic amines) is 1. The molecule has 3 heterocycles. The smallest absolute Gasteiger partial charge is 0.359 e. The van der Waals surface area contributed by atoms with E-state index in [0.717, 1.165) is 6.07 Å². The molecule has 3 rings (SSSR count). The van der Waals surface area contributed by atoms with Gasteiger partial charge in [0.05, 0.1) is 6.04 Å². The molecule has 2 aromatic heterocycles. The van der Waals surface area contributed by atoms with Crippen LogP contribution < -0.4 is 5.32 Å². The van der Waals surface area contributed by atoms with E-state index in [9.17, 15) is 18.0 Å². The molecule has 0 aliphatic carbocycles. The first kappa shape index (κ1) is 18.3. The minimum absolute atomic E-state index is 0.148. The van der Waals surface area contributed by atoms with Crippen LogP contribution in [0.1, 0.15) is 50.1 Å². The van der Waals surface area contributed by atoms with Crippen LogP contribution in [0.3, 0.4) is 0 Å². The Hall–Kier alpha value is -2.52. The number of amides is 2. The van der Waals surface area contributed by atoms with Crippen molar-refractivity contribution < 1.29 is 22.5 Å². The number of halogens is 3. The Morgan fingerprint density at radius 3 is 2.81 bits per heavy atom. The van der Waals surface area contributed by atoms with Crippen molar-refractivity contribution in [1.29, 1.82) is 0 Å². The van der Waals surface area contributed by atoms with Crippen LogP contribution in [0.5, 0.6) is 0 Å². The molecule has 1 atom stereocenters. The topological polar surface area (TPSA) is 76.2 Å². The maximum atomic E-state index is 12.7. The second-order valence-corrected chi connectivity index (χ2v) is 6.62. The number of anilines is 1. The molecule has 1 aliphatic rings. The Bertz CT molecular complexity index is 768. The fraction of sp³-hybridized carbons (Fsp3) is 0.562. The van der Waals surface area contributed by atoms with E-state index in [-0.39, 0.29) is 24.5 Å². The number of aromatic nitrogens is 3. The number of urea groups is 1. The third-order valence-corrected chi connectivity index (χ3v) is 4.29. The molecule has 142 valence electrons. The molecule has 1 N–H and O–H groups in total. The lowest BCUT2D eigenvalue weighted by atomic mass is 10.1. The molecule has 0 spiro atoms. The zero-order valence-corrected chi connectivity index (χ0v) is 14.5. The Morgan fingerprint density at radius 2 is 2.19 bits per heavy atom. The average Bonchev–Trinajstić information content (AvgIpc) is 3.24. The highest BCUT2D eigenvalue weighted by Gasteiger charge is 2.35. The summed E-state index contributed by atoms with van der Waals surface area (Å²) in [6.45, 7) is 4.69. The van der Waals surface area contributed by atoms with Crippen LogP contribution in [-0.4, -0.2) is 39.0 Å². The van der Waals surface area contributed by atoms with Crippen molar-refractivity contribution in [1.82, 2.24) is 19.8 Å². The molecule has 0 saturated carbocycles. The largest absolute Gasteiger partial charge is 0.435 e. The van der Waals surface area contributed by atoms with Gasteiger partial charge in [0.15, 0.2) is 11.5 Å². The van der Waals surface area contributed by atoms with Gasteiger partial charge in [-0.25, -0.2) is 4.79 Å². The van der Waals surface area contributed by atoms with E-state index in [1.54, 1.807) is 11.0 Å². The Kier molecular flexibility index (Phi) is 4.92. The molecule has 1 saturated heterocycles. The first-order valence-corrected chi connectivity index (χ1v) is 8.39. The molecule has 1 aliphatic heterocycles. The van der Waals surface area contributed by atoms with Gasteiger partial charge >= 0.3 is 12.2 Å². The fourth-order valence-electron chi connectivity index (χ4n) is 2.86. The summed E-state index contributed by atoms with van der Waals surface area (Å²) in [5.41, 5.74) is -0.928. The normalized spacial score (nSPS) is 18.4. The van der Waals surface area contributed by atoms with E-state index in [0.29, 0.717) is 31.0 Å². The van der Waals surface area contributed by atoms with Gasteiger partial charge in [0, 0.05) is 31.3 Å². The van der Waals surface area contributed by atoms with Gasteiger partial charge < -0.3 is 9.42 Å². The molecule has 2 aromatic rings. The number of alkyl halides is 3. The molecule has 26 heavy (non-hydrogen) atoms. The van der Waals surface area contributed by atoms with Gasteiger partial charge in [-0.15, -0.1) is 0 Å². The van der Waals surface area contributed by atoms with Gasteiger partial charge in [-0.3, -0.25) is 10.00 Å². The van der Waals surface area contributed by atoms with Gasteiger partial charge in [0.25, 0.3) is 0 Å². The Balaban J connectivity index is 1.64. The molecule has 10 heteroatoms. The van der Waals surface area contributed by atoms with E-state index in [1.165, 1.54) is 10.9 Å². The summed E-state index contributed by atoms with van der Waals surface area (Å²) in [6, 6.07) is 1.95. The Labute approximate surface area is 148 Å². The summed E-state index contributed by atoms with van der Waals surface area (Å²) in [5.74, 6) is 1.13. The van der Waals surface area contributed by atoms with Crippen LogP contribution in [0.4, 0.5) is 23.8 Å². The summed E-state index contributed by atoms with van der Waals surface area (Å²) in [5, 5.41) is 10.1. The van der Waals surface area contributed by atoms with E-state index >= 15 is 0 Å². The number of nitrogens with zero attached hydrogens (tertiary/aromatic N) is 4. The highest BCUT2D eigenvalue weighted by Crippen LogP contribution is 2.29. The van der Waals surface area contributed by atoms with Crippen molar-refractivity contribution in [3.8, 4) is 0 Å². The van der Waals surface area contributed by atoms with Crippen molar-refractivity contribution in [2.24, 2.45) is 0 Å². The standard InChI is InChI=1S/C16H20F3N5O2/c1-10(2)12-8-14(22-26-12)20-15(25)23-6-3-4-11(9-23)24-7-5-13(21-24)16(17,18)19/h5,7-8,10-11H,3-4,6,9H2,1-2H3,(H,20,22,25)/t11-/m0/s1. The summed E-state index contributed by atoms with van der Waals surface area (Å²) >= 11 is 0. The van der Waals surface area contributed by atoms with Crippen molar-refractivity contribution in [3.05, 3.63) is 29.8 Å². The molecular formula is C16H20F3N5O2. The number of carbonyl (C=O) groups is 1. The maximum absolute atomic E-state index is 12.7. The van der Waals surface area contributed by atoms with Crippen LogP contribution in [0.25, 0.3) is 0 Å². The number of rotatable bonds is 3. The van der Waals surface area contributed by atoms with E-state index < -0.39 is 11.9 Å². The van der Waals surface area contributed by atoms with Gasteiger partial charge in [-0.1, -0.05) is 19.0 Å². The third-order valence-electron chi connectivity index (χ3n) is 4.29. The summed E-state index contributed by atoms with van der Waals surface area (Å²) in [7, 11) is 0. The molecule has 0 radical (unpaired) electrons. The Morgan fingerprint density at radius 1 is 1.42 bits per heavy atom. The first-order chi connectivity index (χ1) is 12.2. The van der Waals surface area contributed by atoms with Crippen LogP contribution in [0, 0.1) is 0 Å². The van der Waals surface area contributed by atoms with Gasteiger partial charge in [-0.05, 0) is 18.9 Å². The van der Waals surface area contributed by atoms with E-state index in [1.807, 2.05) is 13.8 Å². The number of nitrogens with one attached hydrogen (secondary N) is 1. The first-order valence-electron chi connectivity index (χ1n) is 8.39. The maximum Gasteiger partial charge on any atom is 0.435 e. The lowest BCUT2D eigenvalue weighted by molar-refractivity contribution is -0.141. The number of carbonyl (C=O) groups excluding carboxylic acids is 1. The predicted molar refractivity (Wildman–Crippen MR) is 86.7 cm³/mol. The molecule has 2 amide bonds. The summed E-state index contributed by atoms with van der Waals surface area (Å²) in [6.07, 6.45) is -1.83. The molecule has 7 nitrogen and oxygen atoms in total. The zero-order valence-electron chi connectivity index (χ0n) is 14.5. The minimum atomic E-state index is -4.47. The SMILES string of the molecule is CC(C)c1cc(NC(=O)N2CCC[C@H](n3ccc(C(F)(F)F)n3)C2)no1. The van der Waals surface area contributed by atoms with Crippen molar-refractivity contribution in [2.75, 3.05) is 18.4 Å². The van der Waals surface area contributed by atoms with Crippen molar-refractivity contribution in [3.63, 3.8) is 0 Å². The monoisotopic (exact) mass is 371 g/mol. The molecule has 0 aromatic carbocycles. The van der Waals surface area contributed by atoms with E-state index in [4.69, 9.17) is 4.52 Å². The van der Waals surface area contributed by atoms with Gasteiger partial charge in [0.2, 0.25) is 0 Å². The van der Waals surface area contributed by atoms with Crippen LogP contribution in [0.15, 0.2) is 22.9 Å². The lowest BCUT2D eigenvalue weighted by Gasteiger charge is -2.32. The van der Waals surface area contributed by atoms with Crippen LogP contribution in [-0.2, 0) is 6.18 Å². The van der Waals surface area contributed by atoms with Gasteiger partial charge in [-0.2, -0.15) is 18.3 Å². The molecule has 0 bridgehead atoms. The zero-order chi connectivity index (χ0) is 18.9. The quantitative estimate of drug-likeness (QED) is 0.888. The van der Waals surface area contributed by atoms with Crippen LogP contribution >= 0.6 is 0 Å².